The van der Waals surface area contributed by atoms with Gasteiger partial charge in [0.05, 0.1) is 0 Å². The van der Waals surface area contributed by atoms with Gasteiger partial charge in [-0.05, 0) is 60.9 Å². The number of aromatic nitrogens is 2. The predicted molar refractivity (Wildman–Crippen MR) is 142 cm³/mol. The average molecular weight is 516 g/mol. The van der Waals surface area contributed by atoms with Gasteiger partial charge in [0.1, 0.15) is 11.0 Å². The number of aryl methyl sites for hydroxylation is 2. The highest BCUT2D eigenvalue weighted by molar-refractivity contribution is 7.18. The Balaban J connectivity index is 1.29. The minimum Gasteiger partial charge on any atom is -0.454 e. The number of amides is 3. The van der Waals surface area contributed by atoms with Crippen molar-refractivity contribution >= 4 is 34.1 Å². The van der Waals surface area contributed by atoms with E-state index >= 15 is 0 Å². The summed E-state index contributed by atoms with van der Waals surface area (Å²) in [5.74, 6) is 0.920. The number of carbonyl (C=O) groups is 2. The molecule has 3 aromatic carbocycles. The quantitative estimate of drug-likeness (QED) is 0.322. The number of nitrogens with zero attached hydrogens (tertiary/aromatic N) is 2. The van der Waals surface area contributed by atoms with Crippen LogP contribution in [0.4, 0.5) is 15.6 Å². The molecule has 188 valence electrons. The molecule has 2 heterocycles. The smallest absolute Gasteiger partial charge is 0.319 e. The van der Waals surface area contributed by atoms with Gasteiger partial charge >= 0.3 is 6.03 Å². The first-order valence-electron chi connectivity index (χ1n) is 11.7. The molecular formula is C27H25N5O4S. The van der Waals surface area contributed by atoms with Crippen LogP contribution in [0.3, 0.4) is 0 Å². The van der Waals surface area contributed by atoms with Gasteiger partial charge in [-0.1, -0.05) is 47.7 Å². The largest absolute Gasteiger partial charge is 0.454 e. The second kappa shape index (κ2) is 10.7. The van der Waals surface area contributed by atoms with Gasteiger partial charge in [-0.25, -0.2) is 4.79 Å². The summed E-state index contributed by atoms with van der Waals surface area (Å²) in [5.41, 5.74) is 4.55. The first-order valence-corrected chi connectivity index (χ1v) is 12.5. The van der Waals surface area contributed by atoms with Crippen LogP contribution in [0.25, 0.3) is 10.6 Å². The van der Waals surface area contributed by atoms with Crippen molar-refractivity contribution in [3.05, 3.63) is 83.4 Å². The van der Waals surface area contributed by atoms with Gasteiger partial charge in [0.15, 0.2) is 11.5 Å². The molecule has 0 spiro atoms. The molecular weight excluding hydrogens is 490 g/mol. The fraction of sp³-hybridized carbons (Fsp3) is 0.185. The van der Waals surface area contributed by atoms with E-state index in [9.17, 15) is 9.59 Å². The molecule has 3 amide bonds. The standard InChI is InChI=1S/C27H25N5O4S/c1-16-8-10-20(12-17(16)2)28-26(34)29-21(13-18-6-4-3-5-7-18)24(33)30-27-32-31-25(37-27)19-9-11-22-23(14-19)36-15-35-22/h3-12,14,21H,13,15H2,1-2H3,(H2,28,29,34)(H,30,32,33). The molecule has 0 saturated heterocycles. The summed E-state index contributed by atoms with van der Waals surface area (Å²) in [5, 5.41) is 17.7. The summed E-state index contributed by atoms with van der Waals surface area (Å²) in [6.07, 6.45) is 0.306. The van der Waals surface area contributed by atoms with Crippen LogP contribution in [0.2, 0.25) is 0 Å². The Kier molecular flexibility index (Phi) is 7.00. The van der Waals surface area contributed by atoms with Crippen molar-refractivity contribution in [3.63, 3.8) is 0 Å². The van der Waals surface area contributed by atoms with E-state index in [0.717, 1.165) is 22.3 Å². The first kappa shape index (κ1) is 24.3. The summed E-state index contributed by atoms with van der Waals surface area (Å²) in [7, 11) is 0. The number of ether oxygens (including phenoxy) is 2. The van der Waals surface area contributed by atoms with Gasteiger partial charge in [-0.15, -0.1) is 10.2 Å². The van der Waals surface area contributed by atoms with E-state index in [2.05, 4.69) is 26.1 Å². The highest BCUT2D eigenvalue weighted by Crippen LogP contribution is 2.37. The fourth-order valence-corrected chi connectivity index (χ4v) is 4.56. The fourth-order valence-electron chi connectivity index (χ4n) is 3.82. The van der Waals surface area contributed by atoms with Crippen molar-refractivity contribution in [1.82, 2.24) is 15.5 Å². The van der Waals surface area contributed by atoms with Gasteiger partial charge < -0.3 is 20.1 Å². The van der Waals surface area contributed by atoms with Gasteiger partial charge in [0.25, 0.3) is 0 Å². The summed E-state index contributed by atoms with van der Waals surface area (Å²) in [6.45, 7) is 4.16. The van der Waals surface area contributed by atoms with Gasteiger partial charge in [-0.3, -0.25) is 10.1 Å². The van der Waals surface area contributed by atoms with Gasteiger partial charge in [0.2, 0.25) is 17.8 Å². The molecule has 0 aliphatic carbocycles. The lowest BCUT2D eigenvalue weighted by molar-refractivity contribution is -0.117. The lowest BCUT2D eigenvalue weighted by atomic mass is 10.1. The summed E-state index contributed by atoms with van der Waals surface area (Å²) in [6, 6.07) is 19.3. The molecule has 1 atom stereocenters. The number of anilines is 2. The molecule has 0 radical (unpaired) electrons. The van der Waals surface area contributed by atoms with E-state index in [0.29, 0.717) is 33.7 Å². The van der Waals surface area contributed by atoms with Crippen molar-refractivity contribution in [2.45, 2.75) is 26.3 Å². The third-order valence-electron chi connectivity index (χ3n) is 5.94. The predicted octanol–water partition coefficient (Wildman–Crippen LogP) is 4.92. The highest BCUT2D eigenvalue weighted by atomic mass is 32.1. The monoisotopic (exact) mass is 515 g/mol. The van der Waals surface area contributed by atoms with E-state index in [1.54, 1.807) is 0 Å². The Bertz CT molecular complexity index is 1440. The maximum absolute atomic E-state index is 13.3. The number of carbonyl (C=O) groups excluding carboxylic acids is 2. The second-order valence-electron chi connectivity index (χ2n) is 8.61. The van der Waals surface area contributed by atoms with Crippen molar-refractivity contribution in [2.24, 2.45) is 0 Å². The minimum atomic E-state index is -0.841. The number of nitrogens with one attached hydrogen (secondary N) is 3. The Morgan fingerprint density at radius 2 is 1.73 bits per heavy atom. The Labute approximate surface area is 217 Å². The van der Waals surface area contributed by atoms with Crippen LogP contribution in [0.5, 0.6) is 11.5 Å². The average Bonchev–Trinajstić information content (AvgIpc) is 3.55. The second-order valence-corrected chi connectivity index (χ2v) is 9.59. The van der Waals surface area contributed by atoms with Crippen molar-refractivity contribution in [3.8, 4) is 22.1 Å². The molecule has 3 N–H and O–H groups in total. The molecule has 10 heteroatoms. The summed E-state index contributed by atoms with van der Waals surface area (Å²) >= 11 is 1.23. The molecule has 0 fully saturated rings. The van der Waals surface area contributed by atoms with Gasteiger partial charge in [-0.2, -0.15) is 0 Å². The van der Waals surface area contributed by atoms with Crippen LogP contribution in [0.1, 0.15) is 16.7 Å². The molecule has 0 saturated carbocycles. The lowest BCUT2D eigenvalue weighted by Gasteiger charge is -2.18. The van der Waals surface area contributed by atoms with Crippen molar-refractivity contribution < 1.29 is 19.1 Å². The maximum Gasteiger partial charge on any atom is 0.319 e. The normalized spacial score (nSPS) is 12.6. The number of fused-ring (bicyclic) bond motifs is 1. The Morgan fingerprint density at radius 1 is 0.919 bits per heavy atom. The number of benzene rings is 3. The molecule has 37 heavy (non-hydrogen) atoms. The van der Waals surface area contributed by atoms with E-state index in [-0.39, 0.29) is 6.79 Å². The summed E-state index contributed by atoms with van der Waals surface area (Å²) < 4.78 is 10.8. The van der Waals surface area contributed by atoms with E-state index in [1.165, 1.54) is 11.3 Å². The molecule has 5 rings (SSSR count). The zero-order chi connectivity index (χ0) is 25.8. The number of urea groups is 1. The van der Waals surface area contributed by atoms with Crippen molar-refractivity contribution in [1.29, 1.82) is 0 Å². The SMILES string of the molecule is Cc1ccc(NC(=O)NC(Cc2ccccc2)C(=O)Nc2nnc(-c3ccc4c(c3)OCO4)s2)cc1C. The maximum atomic E-state index is 13.3. The van der Waals surface area contributed by atoms with E-state index in [1.807, 2.05) is 80.6 Å². The molecule has 0 bridgehead atoms. The Hall–Kier alpha value is -4.44. The Morgan fingerprint density at radius 3 is 2.54 bits per heavy atom. The minimum absolute atomic E-state index is 0.184. The van der Waals surface area contributed by atoms with E-state index < -0.39 is 18.0 Å². The number of hydrogen-bond acceptors (Lipinski definition) is 7. The molecule has 1 unspecified atom stereocenters. The summed E-state index contributed by atoms with van der Waals surface area (Å²) in [4.78, 5) is 26.1. The third kappa shape index (κ3) is 5.87. The van der Waals surface area contributed by atoms with Crippen LogP contribution in [0.15, 0.2) is 66.7 Å². The van der Waals surface area contributed by atoms with Crippen LogP contribution in [0, 0.1) is 13.8 Å². The first-order chi connectivity index (χ1) is 17.9. The van der Waals surface area contributed by atoms with Crippen LogP contribution < -0.4 is 25.4 Å². The molecule has 1 aromatic heterocycles. The third-order valence-corrected chi connectivity index (χ3v) is 6.83. The number of hydrogen-bond donors (Lipinski definition) is 3. The van der Waals surface area contributed by atoms with Crippen LogP contribution in [-0.4, -0.2) is 35.0 Å². The zero-order valence-electron chi connectivity index (χ0n) is 20.3. The van der Waals surface area contributed by atoms with Crippen molar-refractivity contribution in [2.75, 3.05) is 17.4 Å². The van der Waals surface area contributed by atoms with Crippen LogP contribution in [-0.2, 0) is 11.2 Å². The lowest BCUT2D eigenvalue weighted by Crippen LogP contribution is -2.46. The number of rotatable bonds is 7. The molecule has 4 aromatic rings. The zero-order valence-corrected chi connectivity index (χ0v) is 21.1. The van der Waals surface area contributed by atoms with Crippen LogP contribution >= 0.6 is 11.3 Å². The molecule has 1 aliphatic heterocycles. The highest BCUT2D eigenvalue weighted by Gasteiger charge is 2.23. The molecule has 1 aliphatic rings. The van der Waals surface area contributed by atoms with Gasteiger partial charge in [0, 0.05) is 17.7 Å². The van der Waals surface area contributed by atoms with E-state index in [4.69, 9.17) is 9.47 Å². The topological polar surface area (TPSA) is 114 Å². The molecule has 9 nitrogen and oxygen atoms in total.